The molecule has 23 heavy (non-hydrogen) atoms. The number of amides is 3. The summed E-state index contributed by atoms with van der Waals surface area (Å²) in [6.45, 7) is 2.65. The molecule has 1 heterocycles. The molecule has 1 aliphatic rings. The lowest BCUT2D eigenvalue weighted by Gasteiger charge is -2.23. The number of primary amides is 1. The van der Waals surface area contributed by atoms with Crippen LogP contribution in [0.4, 0.5) is 4.79 Å². The van der Waals surface area contributed by atoms with Crippen molar-refractivity contribution in [2.75, 3.05) is 6.61 Å². The summed E-state index contributed by atoms with van der Waals surface area (Å²) in [4.78, 5) is 23.5. The van der Waals surface area contributed by atoms with E-state index in [-0.39, 0.29) is 24.5 Å². The van der Waals surface area contributed by atoms with Crippen molar-refractivity contribution in [2.24, 2.45) is 5.73 Å². The minimum Gasteiger partial charge on any atom is -0.376 e. The summed E-state index contributed by atoms with van der Waals surface area (Å²) in [5.74, 6) is -0.188. The Kier molecular flexibility index (Phi) is 6.24. The molecule has 6 nitrogen and oxygen atoms in total. The zero-order valence-electron chi connectivity index (χ0n) is 13.0. The maximum Gasteiger partial charge on any atom is 0.312 e. The molecular formula is C16H22ClN3O3. The molecule has 1 aromatic rings. The zero-order chi connectivity index (χ0) is 16.8. The van der Waals surface area contributed by atoms with Crippen LogP contribution >= 0.6 is 11.6 Å². The standard InChI is InChI=1S/C16H22ClN3O3/c1-10(14-7-4-8-23-14)19-15(21)9-13(20-16(18)22)11-5-2-3-6-12(11)17/h2-3,5-6,10,13-14H,4,7-9H2,1H3,(H,19,21)(H3,18,20,22). The van der Waals surface area contributed by atoms with E-state index in [1.807, 2.05) is 6.92 Å². The van der Waals surface area contributed by atoms with Gasteiger partial charge in [-0.15, -0.1) is 0 Å². The van der Waals surface area contributed by atoms with Gasteiger partial charge in [0.1, 0.15) is 0 Å². The number of nitrogens with one attached hydrogen (secondary N) is 2. The second kappa shape index (κ2) is 8.17. The molecule has 0 aromatic heterocycles. The number of nitrogens with two attached hydrogens (primary N) is 1. The number of hydrogen-bond donors (Lipinski definition) is 3. The quantitative estimate of drug-likeness (QED) is 0.741. The van der Waals surface area contributed by atoms with Crippen molar-refractivity contribution in [1.29, 1.82) is 0 Å². The van der Waals surface area contributed by atoms with Crippen LogP contribution in [0, 0.1) is 0 Å². The monoisotopic (exact) mass is 339 g/mol. The van der Waals surface area contributed by atoms with E-state index in [0.29, 0.717) is 10.6 Å². The highest BCUT2D eigenvalue weighted by Gasteiger charge is 2.25. The number of carbonyl (C=O) groups excluding carboxylic acids is 2. The van der Waals surface area contributed by atoms with Crippen LogP contribution in [0.1, 0.15) is 37.8 Å². The van der Waals surface area contributed by atoms with Crippen molar-refractivity contribution < 1.29 is 14.3 Å². The van der Waals surface area contributed by atoms with Crippen LogP contribution in [-0.2, 0) is 9.53 Å². The Morgan fingerprint density at radius 3 is 2.74 bits per heavy atom. The number of carbonyl (C=O) groups is 2. The van der Waals surface area contributed by atoms with Crippen LogP contribution in [0.15, 0.2) is 24.3 Å². The van der Waals surface area contributed by atoms with Crippen molar-refractivity contribution in [3.8, 4) is 0 Å². The maximum atomic E-state index is 12.3. The van der Waals surface area contributed by atoms with Gasteiger partial charge in [0.05, 0.1) is 24.6 Å². The maximum absolute atomic E-state index is 12.3. The summed E-state index contributed by atoms with van der Waals surface area (Å²) >= 11 is 6.15. The molecule has 2 rings (SSSR count). The second-order valence-corrected chi connectivity index (χ2v) is 6.10. The summed E-state index contributed by atoms with van der Waals surface area (Å²) in [6, 6.07) is 5.70. The summed E-state index contributed by atoms with van der Waals surface area (Å²) in [7, 11) is 0. The lowest BCUT2D eigenvalue weighted by molar-refractivity contribution is -0.123. The SMILES string of the molecule is CC(NC(=O)CC(NC(N)=O)c1ccccc1Cl)C1CCCO1. The summed E-state index contributed by atoms with van der Waals surface area (Å²) in [6.07, 6.45) is 2.05. The number of benzene rings is 1. The van der Waals surface area contributed by atoms with Crippen LogP contribution < -0.4 is 16.4 Å². The summed E-state index contributed by atoms with van der Waals surface area (Å²) in [5, 5.41) is 5.97. The van der Waals surface area contributed by atoms with Gasteiger partial charge in [-0.1, -0.05) is 29.8 Å². The Morgan fingerprint density at radius 1 is 1.39 bits per heavy atom. The fourth-order valence-electron chi connectivity index (χ4n) is 2.76. The van der Waals surface area contributed by atoms with Gasteiger partial charge in [-0.05, 0) is 31.4 Å². The number of urea groups is 1. The minimum absolute atomic E-state index is 0.0433. The van der Waals surface area contributed by atoms with E-state index >= 15 is 0 Å². The van der Waals surface area contributed by atoms with Crippen LogP contribution in [0.5, 0.6) is 0 Å². The average molecular weight is 340 g/mol. The molecule has 0 aliphatic carbocycles. The first kappa shape index (κ1) is 17.6. The number of halogens is 1. The van der Waals surface area contributed by atoms with Gasteiger partial charge in [-0.25, -0.2) is 4.79 Å². The Balaban J connectivity index is 2.01. The van der Waals surface area contributed by atoms with Gasteiger partial charge in [0, 0.05) is 11.6 Å². The highest BCUT2D eigenvalue weighted by molar-refractivity contribution is 6.31. The molecule has 7 heteroatoms. The molecule has 3 unspecified atom stereocenters. The molecule has 0 bridgehead atoms. The summed E-state index contributed by atoms with van der Waals surface area (Å²) < 4.78 is 5.56. The van der Waals surface area contributed by atoms with E-state index in [0.717, 1.165) is 19.4 Å². The van der Waals surface area contributed by atoms with E-state index < -0.39 is 12.1 Å². The van der Waals surface area contributed by atoms with E-state index in [1.54, 1.807) is 24.3 Å². The molecule has 1 saturated heterocycles. The molecular weight excluding hydrogens is 318 g/mol. The predicted molar refractivity (Wildman–Crippen MR) is 88.1 cm³/mol. The molecule has 1 fully saturated rings. The molecule has 3 atom stereocenters. The van der Waals surface area contributed by atoms with Crippen molar-refractivity contribution in [3.63, 3.8) is 0 Å². The average Bonchev–Trinajstić information content (AvgIpc) is 3.00. The third-order valence-corrected chi connectivity index (χ3v) is 4.24. The van der Waals surface area contributed by atoms with Crippen molar-refractivity contribution in [2.45, 2.75) is 44.4 Å². The van der Waals surface area contributed by atoms with Crippen molar-refractivity contribution >= 4 is 23.5 Å². The lowest BCUT2D eigenvalue weighted by Crippen LogP contribution is -2.43. The largest absolute Gasteiger partial charge is 0.376 e. The van der Waals surface area contributed by atoms with Gasteiger partial charge in [0.2, 0.25) is 5.91 Å². The van der Waals surface area contributed by atoms with Crippen molar-refractivity contribution in [3.05, 3.63) is 34.9 Å². The molecule has 0 radical (unpaired) electrons. The lowest BCUT2D eigenvalue weighted by atomic mass is 10.0. The zero-order valence-corrected chi connectivity index (χ0v) is 13.8. The van der Waals surface area contributed by atoms with Crippen LogP contribution in [0.3, 0.4) is 0 Å². The molecule has 3 amide bonds. The molecule has 126 valence electrons. The van der Waals surface area contributed by atoms with E-state index in [2.05, 4.69) is 10.6 Å². The van der Waals surface area contributed by atoms with Crippen molar-refractivity contribution in [1.82, 2.24) is 10.6 Å². The van der Waals surface area contributed by atoms with E-state index in [1.165, 1.54) is 0 Å². The fraction of sp³-hybridized carbons (Fsp3) is 0.500. The Morgan fingerprint density at radius 2 is 2.13 bits per heavy atom. The first-order valence-electron chi connectivity index (χ1n) is 7.68. The topological polar surface area (TPSA) is 93.5 Å². The first-order valence-corrected chi connectivity index (χ1v) is 8.06. The minimum atomic E-state index is -0.699. The van der Waals surface area contributed by atoms with Gasteiger partial charge in [-0.2, -0.15) is 0 Å². The molecule has 1 aliphatic heterocycles. The first-order chi connectivity index (χ1) is 11.0. The third-order valence-electron chi connectivity index (χ3n) is 3.90. The van der Waals surface area contributed by atoms with E-state index in [4.69, 9.17) is 22.1 Å². The smallest absolute Gasteiger partial charge is 0.312 e. The Hall–Kier alpha value is -1.79. The Labute approximate surface area is 140 Å². The number of hydrogen-bond acceptors (Lipinski definition) is 3. The summed E-state index contributed by atoms with van der Waals surface area (Å²) in [5.41, 5.74) is 5.87. The van der Waals surface area contributed by atoms with Gasteiger partial charge in [-0.3, -0.25) is 4.79 Å². The second-order valence-electron chi connectivity index (χ2n) is 5.69. The fourth-order valence-corrected chi connectivity index (χ4v) is 3.02. The molecule has 0 spiro atoms. The van der Waals surface area contributed by atoms with Gasteiger partial charge in [0.15, 0.2) is 0 Å². The molecule has 1 aromatic carbocycles. The Bertz CT molecular complexity index is 561. The predicted octanol–water partition coefficient (Wildman–Crippen LogP) is 2.12. The van der Waals surface area contributed by atoms with Gasteiger partial charge in [0.25, 0.3) is 0 Å². The van der Waals surface area contributed by atoms with Crippen LogP contribution in [0.2, 0.25) is 5.02 Å². The highest BCUT2D eigenvalue weighted by Crippen LogP contribution is 2.25. The normalized spacial score (nSPS) is 19.8. The van der Waals surface area contributed by atoms with Gasteiger partial charge >= 0.3 is 6.03 Å². The molecule has 4 N–H and O–H groups in total. The van der Waals surface area contributed by atoms with E-state index in [9.17, 15) is 9.59 Å². The van der Waals surface area contributed by atoms with Crippen LogP contribution in [0.25, 0.3) is 0 Å². The van der Waals surface area contributed by atoms with Crippen LogP contribution in [-0.4, -0.2) is 30.7 Å². The number of ether oxygens (including phenoxy) is 1. The molecule has 0 saturated carbocycles. The number of rotatable bonds is 6. The highest BCUT2D eigenvalue weighted by atomic mass is 35.5. The third kappa shape index (κ3) is 5.11. The van der Waals surface area contributed by atoms with Gasteiger partial charge < -0.3 is 21.1 Å².